The van der Waals surface area contributed by atoms with Crippen LogP contribution in [0.3, 0.4) is 0 Å². The number of benzene rings is 2. The van der Waals surface area contributed by atoms with E-state index in [1.807, 2.05) is 19.1 Å². The van der Waals surface area contributed by atoms with Crippen molar-refractivity contribution in [2.24, 2.45) is 0 Å². The fourth-order valence-corrected chi connectivity index (χ4v) is 3.25. The number of imide groups is 1. The second-order valence-electron chi connectivity index (χ2n) is 5.65. The minimum Gasteiger partial charge on any atom is -0.324 e. The molecule has 2 aromatic rings. The Hall–Kier alpha value is -2.93. The Morgan fingerprint density at radius 3 is 2.58 bits per heavy atom. The fourth-order valence-electron chi connectivity index (χ4n) is 2.42. The number of nitrogens with zero attached hydrogens (tertiary/aromatic N) is 1. The summed E-state index contributed by atoms with van der Waals surface area (Å²) in [6.07, 6.45) is 1.32. The van der Waals surface area contributed by atoms with E-state index in [2.05, 4.69) is 5.32 Å². The molecule has 2 aromatic carbocycles. The van der Waals surface area contributed by atoms with Gasteiger partial charge in [0.25, 0.3) is 11.1 Å². The number of nitrogens with one attached hydrogen (secondary N) is 1. The summed E-state index contributed by atoms with van der Waals surface area (Å²) in [4.78, 5) is 37.6. The third-order valence-electron chi connectivity index (χ3n) is 3.79. The topological polar surface area (TPSA) is 66.5 Å². The Labute approximate surface area is 153 Å². The van der Waals surface area contributed by atoms with Gasteiger partial charge in [-0.05, 0) is 42.5 Å². The van der Waals surface area contributed by atoms with Crippen LogP contribution in [0, 0.1) is 12.7 Å². The number of rotatable bonds is 4. The van der Waals surface area contributed by atoms with E-state index in [0.717, 1.165) is 10.5 Å². The summed E-state index contributed by atoms with van der Waals surface area (Å²) in [6, 6.07) is 13.1. The van der Waals surface area contributed by atoms with Gasteiger partial charge in [-0.1, -0.05) is 36.4 Å². The molecule has 3 rings (SSSR count). The number of anilines is 1. The average molecular weight is 370 g/mol. The van der Waals surface area contributed by atoms with Gasteiger partial charge < -0.3 is 5.32 Å². The Morgan fingerprint density at radius 1 is 1.15 bits per heavy atom. The lowest BCUT2D eigenvalue weighted by Crippen LogP contribution is -2.36. The van der Waals surface area contributed by atoms with Crippen molar-refractivity contribution in [2.75, 3.05) is 11.9 Å². The van der Waals surface area contributed by atoms with Crippen molar-refractivity contribution in [2.45, 2.75) is 6.92 Å². The van der Waals surface area contributed by atoms with Gasteiger partial charge in [-0.2, -0.15) is 0 Å². The van der Waals surface area contributed by atoms with Crippen LogP contribution in [0.25, 0.3) is 6.08 Å². The highest BCUT2D eigenvalue weighted by atomic mass is 32.2. The highest BCUT2D eigenvalue weighted by molar-refractivity contribution is 8.18. The first-order valence-corrected chi connectivity index (χ1v) is 8.63. The summed E-state index contributed by atoms with van der Waals surface area (Å²) >= 11 is 0.689. The Bertz CT molecular complexity index is 927. The molecule has 0 saturated carbocycles. The van der Waals surface area contributed by atoms with Gasteiger partial charge in [-0.3, -0.25) is 19.3 Å². The molecule has 0 spiro atoms. The Balaban J connectivity index is 1.72. The maximum absolute atomic E-state index is 13.7. The smallest absolute Gasteiger partial charge is 0.294 e. The molecule has 0 radical (unpaired) electrons. The van der Waals surface area contributed by atoms with Crippen molar-refractivity contribution >= 4 is 40.6 Å². The van der Waals surface area contributed by atoms with Crippen molar-refractivity contribution in [3.8, 4) is 0 Å². The predicted molar refractivity (Wildman–Crippen MR) is 98.9 cm³/mol. The highest BCUT2D eigenvalue weighted by Gasteiger charge is 2.36. The van der Waals surface area contributed by atoms with E-state index in [-0.39, 0.29) is 10.5 Å². The SMILES string of the molecule is Cc1ccccc1NC(=O)CN1C(=O)S/C(=C\c2ccccc2F)C1=O. The van der Waals surface area contributed by atoms with Gasteiger partial charge in [0.05, 0.1) is 4.91 Å². The van der Waals surface area contributed by atoms with Crippen LogP contribution in [0.5, 0.6) is 0 Å². The minimum absolute atomic E-state index is 0.0868. The molecule has 1 aliphatic rings. The largest absolute Gasteiger partial charge is 0.324 e. The molecule has 1 fully saturated rings. The number of hydrogen-bond donors (Lipinski definition) is 1. The van der Waals surface area contributed by atoms with Crippen LogP contribution < -0.4 is 5.32 Å². The van der Waals surface area contributed by atoms with Gasteiger partial charge in [0.2, 0.25) is 5.91 Å². The Kier molecular flexibility index (Phi) is 5.18. The lowest BCUT2D eigenvalue weighted by atomic mass is 10.2. The second-order valence-corrected chi connectivity index (χ2v) is 6.65. The molecule has 132 valence electrons. The summed E-state index contributed by atoms with van der Waals surface area (Å²) < 4.78 is 13.7. The van der Waals surface area contributed by atoms with Gasteiger partial charge in [0.1, 0.15) is 12.4 Å². The first-order valence-electron chi connectivity index (χ1n) is 7.81. The second kappa shape index (κ2) is 7.53. The number of aryl methyl sites for hydroxylation is 1. The predicted octanol–water partition coefficient (Wildman–Crippen LogP) is 3.81. The van der Waals surface area contributed by atoms with E-state index in [9.17, 15) is 18.8 Å². The molecule has 1 aliphatic heterocycles. The van der Waals surface area contributed by atoms with E-state index in [4.69, 9.17) is 0 Å². The molecular formula is C19H15FN2O3S. The van der Waals surface area contributed by atoms with Crippen molar-refractivity contribution in [3.63, 3.8) is 0 Å². The molecule has 1 saturated heterocycles. The normalized spacial score (nSPS) is 15.6. The zero-order valence-electron chi connectivity index (χ0n) is 13.9. The van der Waals surface area contributed by atoms with Crippen LogP contribution in [0.2, 0.25) is 0 Å². The van der Waals surface area contributed by atoms with E-state index in [0.29, 0.717) is 17.4 Å². The molecule has 1 N–H and O–H groups in total. The first-order chi connectivity index (χ1) is 12.5. The zero-order valence-corrected chi connectivity index (χ0v) is 14.7. The van der Waals surface area contributed by atoms with Crippen LogP contribution in [0.15, 0.2) is 53.4 Å². The lowest BCUT2D eigenvalue weighted by Gasteiger charge is -2.13. The molecule has 0 aliphatic carbocycles. The molecule has 0 atom stereocenters. The van der Waals surface area contributed by atoms with Crippen LogP contribution in [0.1, 0.15) is 11.1 Å². The number of para-hydroxylation sites is 1. The van der Waals surface area contributed by atoms with E-state index in [1.54, 1.807) is 18.2 Å². The van der Waals surface area contributed by atoms with E-state index < -0.39 is 29.4 Å². The number of halogens is 1. The molecule has 1 heterocycles. The summed E-state index contributed by atoms with van der Waals surface area (Å²) in [5.41, 5.74) is 1.70. The number of hydrogen-bond acceptors (Lipinski definition) is 4. The number of carbonyl (C=O) groups is 3. The van der Waals surface area contributed by atoms with Gasteiger partial charge in [0, 0.05) is 11.3 Å². The maximum atomic E-state index is 13.7. The quantitative estimate of drug-likeness (QED) is 0.831. The molecule has 0 unspecified atom stereocenters. The van der Waals surface area contributed by atoms with Crippen molar-refractivity contribution in [1.29, 1.82) is 0 Å². The summed E-state index contributed by atoms with van der Waals surface area (Å²) in [5.74, 6) is -1.58. The average Bonchev–Trinajstić information content (AvgIpc) is 2.86. The molecule has 0 aromatic heterocycles. The summed E-state index contributed by atoms with van der Waals surface area (Å²) in [6.45, 7) is 1.44. The molecule has 5 nitrogen and oxygen atoms in total. The van der Waals surface area contributed by atoms with E-state index >= 15 is 0 Å². The molecule has 0 bridgehead atoms. The fraction of sp³-hybridized carbons (Fsp3) is 0.105. The third-order valence-corrected chi connectivity index (χ3v) is 4.69. The van der Waals surface area contributed by atoms with Gasteiger partial charge >= 0.3 is 0 Å². The minimum atomic E-state index is -0.608. The summed E-state index contributed by atoms with van der Waals surface area (Å²) in [7, 11) is 0. The van der Waals surface area contributed by atoms with Crippen molar-refractivity contribution in [3.05, 3.63) is 70.4 Å². The number of amides is 3. The van der Waals surface area contributed by atoms with Gasteiger partial charge in [-0.25, -0.2) is 4.39 Å². The van der Waals surface area contributed by atoms with Crippen molar-refractivity contribution in [1.82, 2.24) is 4.90 Å². The third kappa shape index (κ3) is 3.83. The monoisotopic (exact) mass is 370 g/mol. The van der Waals surface area contributed by atoms with Crippen LogP contribution in [-0.2, 0) is 9.59 Å². The van der Waals surface area contributed by atoms with E-state index in [1.165, 1.54) is 24.3 Å². The van der Waals surface area contributed by atoms with Gasteiger partial charge in [-0.15, -0.1) is 0 Å². The van der Waals surface area contributed by atoms with Crippen LogP contribution in [0.4, 0.5) is 14.9 Å². The van der Waals surface area contributed by atoms with Crippen molar-refractivity contribution < 1.29 is 18.8 Å². The number of carbonyl (C=O) groups excluding carboxylic acids is 3. The van der Waals surface area contributed by atoms with Gasteiger partial charge in [0.15, 0.2) is 0 Å². The molecule has 7 heteroatoms. The standard InChI is InChI=1S/C19H15FN2O3S/c1-12-6-2-5-9-15(12)21-17(23)11-22-18(24)16(26-19(22)25)10-13-7-3-4-8-14(13)20/h2-10H,11H2,1H3,(H,21,23)/b16-10-. The molecule has 3 amide bonds. The zero-order chi connectivity index (χ0) is 18.7. The Morgan fingerprint density at radius 2 is 1.85 bits per heavy atom. The highest BCUT2D eigenvalue weighted by Crippen LogP contribution is 2.32. The number of thioether (sulfide) groups is 1. The van der Waals surface area contributed by atoms with Crippen LogP contribution in [-0.4, -0.2) is 28.5 Å². The maximum Gasteiger partial charge on any atom is 0.294 e. The molecule has 26 heavy (non-hydrogen) atoms. The van der Waals surface area contributed by atoms with Crippen LogP contribution >= 0.6 is 11.8 Å². The first kappa shape index (κ1) is 17.9. The molecular weight excluding hydrogens is 355 g/mol. The lowest BCUT2D eigenvalue weighted by molar-refractivity contribution is -0.127. The summed E-state index contributed by atoms with van der Waals surface area (Å²) in [5, 5.41) is 2.12.